The van der Waals surface area contributed by atoms with Crippen LogP contribution in [0.5, 0.6) is 0 Å². The Hall–Kier alpha value is -3.35. The molecule has 0 saturated carbocycles. The lowest BCUT2D eigenvalue weighted by molar-refractivity contribution is -0.115. The number of halogens is 3. The molecule has 0 fully saturated rings. The maximum atomic E-state index is 13.5. The number of hydrogen-bond acceptors (Lipinski definition) is 2. The molecular formula is C19H13F3N2O2. The highest BCUT2D eigenvalue weighted by atomic mass is 19.2. The first-order valence-corrected chi connectivity index (χ1v) is 7.66. The summed E-state index contributed by atoms with van der Waals surface area (Å²) in [7, 11) is 0. The predicted octanol–water partition coefficient (Wildman–Crippen LogP) is 3.63. The molecule has 0 aliphatic carbocycles. The Bertz CT molecular complexity index is 1010. The van der Waals surface area contributed by atoms with Gasteiger partial charge in [0, 0.05) is 5.56 Å². The van der Waals surface area contributed by atoms with E-state index in [0.717, 1.165) is 16.8 Å². The summed E-state index contributed by atoms with van der Waals surface area (Å²) < 4.78 is 39.5. The molecule has 3 aromatic rings. The van der Waals surface area contributed by atoms with E-state index in [4.69, 9.17) is 0 Å². The van der Waals surface area contributed by atoms with Crippen molar-refractivity contribution in [2.24, 2.45) is 0 Å². The third-order valence-electron chi connectivity index (χ3n) is 3.73. The molecule has 3 aromatic carbocycles. The summed E-state index contributed by atoms with van der Waals surface area (Å²) in [4.78, 5) is 23.9. The largest absolute Gasteiger partial charge is 0.343 e. The smallest absolute Gasteiger partial charge is 0.251 e. The van der Waals surface area contributed by atoms with E-state index in [0.29, 0.717) is 11.6 Å². The molecule has 0 aliphatic heterocycles. The van der Waals surface area contributed by atoms with Crippen LogP contribution in [0.4, 0.5) is 18.9 Å². The minimum absolute atomic E-state index is 0.357. The second-order valence-corrected chi connectivity index (χ2v) is 5.52. The van der Waals surface area contributed by atoms with Crippen LogP contribution in [0.15, 0.2) is 54.6 Å². The number of benzene rings is 3. The fourth-order valence-corrected chi connectivity index (χ4v) is 2.41. The van der Waals surface area contributed by atoms with Crippen molar-refractivity contribution >= 4 is 28.3 Å². The molecule has 0 spiro atoms. The van der Waals surface area contributed by atoms with Crippen molar-refractivity contribution in [1.29, 1.82) is 0 Å². The molecule has 26 heavy (non-hydrogen) atoms. The summed E-state index contributed by atoms with van der Waals surface area (Å²) in [5.41, 5.74) is -0.149. The second kappa shape index (κ2) is 7.26. The Labute approximate surface area is 146 Å². The van der Waals surface area contributed by atoms with E-state index in [-0.39, 0.29) is 0 Å². The van der Waals surface area contributed by atoms with Crippen LogP contribution < -0.4 is 10.6 Å². The first-order valence-electron chi connectivity index (χ1n) is 7.66. The topological polar surface area (TPSA) is 58.2 Å². The van der Waals surface area contributed by atoms with Crippen molar-refractivity contribution < 1.29 is 22.8 Å². The van der Waals surface area contributed by atoms with Crippen LogP contribution in [0, 0.1) is 17.5 Å². The Kier molecular flexibility index (Phi) is 4.88. The highest BCUT2D eigenvalue weighted by Crippen LogP contribution is 2.19. The van der Waals surface area contributed by atoms with Gasteiger partial charge in [0.25, 0.3) is 5.91 Å². The maximum absolute atomic E-state index is 13.5. The number of carbonyl (C=O) groups excluding carboxylic acids is 2. The molecule has 132 valence electrons. The van der Waals surface area contributed by atoms with E-state index < -0.39 is 41.5 Å². The highest BCUT2D eigenvalue weighted by molar-refractivity contribution is 6.01. The molecule has 0 bridgehead atoms. The number of fused-ring (bicyclic) bond motifs is 1. The fourth-order valence-electron chi connectivity index (χ4n) is 2.41. The quantitative estimate of drug-likeness (QED) is 0.700. The molecule has 3 rings (SSSR count). The van der Waals surface area contributed by atoms with Gasteiger partial charge in [0.15, 0.2) is 17.5 Å². The number of nitrogens with one attached hydrogen (secondary N) is 2. The van der Waals surface area contributed by atoms with Crippen molar-refractivity contribution in [2.45, 2.75) is 0 Å². The SMILES string of the molecule is O=C(CNC(=O)c1ccc2ccccc2c1)Nc1ccc(F)c(F)c1F. The van der Waals surface area contributed by atoms with Crippen molar-refractivity contribution in [3.8, 4) is 0 Å². The number of carbonyl (C=O) groups is 2. The van der Waals surface area contributed by atoms with Crippen LogP contribution in [-0.4, -0.2) is 18.4 Å². The van der Waals surface area contributed by atoms with Crippen LogP contribution in [0.3, 0.4) is 0 Å². The van der Waals surface area contributed by atoms with E-state index in [1.807, 2.05) is 24.3 Å². The molecule has 0 heterocycles. The van der Waals surface area contributed by atoms with Gasteiger partial charge in [-0.1, -0.05) is 30.3 Å². The Balaban J connectivity index is 1.63. The first-order chi connectivity index (χ1) is 12.5. The van der Waals surface area contributed by atoms with Gasteiger partial charge in [-0.15, -0.1) is 0 Å². The van der Waals surface area contributed by atoms with Crippen molar-refractivity contribution in [2.75, 3.05) is 11.9 Å². The third kappa shape index (κ3) is 3.66. The second-order valence-electron chi connectivity index (χ2n) is 5.52. The van der Waals surface area contributed by atoms with Crippen LogP contribution in [-0.2, 0) is 4.79 Å². The zero-order valence-electron chi connectivity index (χ0n) is 13.4. The van der Waals surface area contributed by atoms with E-state index >= 15 is 0 Å². The molecule has 4 nitrogen and oxygen atoms in total. The summed E-state index contributed by atoms with van der Waals surface area (Å²) in [5, 5.41) is 6.30. The van der Waals surface area contributed by atoms with Gasteiger partial charge in [0.05, 0.1) is 12.2 Å². The third-order valence-corrected chi connectivity index (χ3v) is 3.73. The van der Waals surface area contributed by atoms with Gasteiger partial charge in [-0.05, 0) is 35.0 Å². The average Bonchev–Trinajstić information content (AvgIpc) is 2.66. The van der Waals surface area contributed by atoms with Gasteiger partial charge < -0.3 is 10.6 Å². The Morgan fingerprint density at radius 2 is 1.58 bits per heavy atom. The molecule has 0 aromatic heterocycles. The minimum atomic E-state index is -1.68. The van der Waals surface area contributed by atoms with Gasteiger partial charge in [0.2, 0.25) is 5.91 Å². The maximum Gasteiger partial charge on any atom is 0.251 e. The van der Waals surface area contributed by atoms with Gasteiger partial charge in [-0.25, -0.2) is 13.2 Å². The van der Waals surface area contributed by atoms with Crippen molar-refractivity contribution in [3.05, 3.63) is 77.6 Å². The number of hydrogen-bond donors (Lipinski definition) is 2. The molecule has 0 saturated heterocycles. The summed E-state index contributed by atoms with van der Waals surface area (Å²) in [6.07, 6.45) is 0. The summed E-state index contributed by atoms with van der Waals surface area (Å²) in [6, 6.07) is 14.1. The van der Waals surface area contributed by atoms with Crippen LogP contribution in [0.2, 0.25) is 0 Å². The van der Waals surface area contributed by atoms with E-state index in [2.05, 4.69) is 10.6 Å². The number of amides is 2. The van der Waals surface area contributed by atoms with Gasteiger partial charge >= 0.3 is 0 Å². The van der Waals surface area contributed by atoms with Crippen LogP contribution in [0.25, 0.3) is 10.8 Å². The Morgan fingerprint density at radius 3 is 2.35 bits per heavy atom. The van der Waals surface area contributed by atoms with Gasteiger partial charge in [-0.2, -0.15) is 0 Å². The minimum Gasteiger partial charge on any atom is -0.343 e. The van der Waals surface area contributed by atoms with Crippen LogP contribution >= 0.6 is 0 Å². The molecule has 7 heteroatoms. The summed E-state index contributed by atoms with van der Waals surface area (Å²) >= 11 is 0. The van der Waals surface area contributed by atoms with Crippen molar-refractivity contribution in [3.63, 3.8) is 0 Å². The lowest BCUT2D eigenvalue weighted by Crippen LogP contribution is -2.33. The zero-order chi connectivity index (χ0) is 18.7. The normalized spacial score (nSPS) is 10.6. The summed E-state index contributed by atoms with van der Waals surface area (Å²) in [6.45, 7) is -0.454. The lowest BCUT2D eigenvalue weighted by Gasteiger charge is -2.09. The molecular weight excluding hydrogens is 345 g/mol. The average molecular weight is 358 g/mol. The standard InChI is InChI=1S/C19H13F3N2O2/c20-14-7-8-15(18(22)17(14)21)24-16(25)10-23-19(26)13-6-5-11-3-1-2-4-12(11)9-13/h1-9H,10H2,(H,23,26)(H,24,25). The van der Waals surface area contributed by atoms with Crippen molar-refractivity contribution in [1.82, 2.24) is 5.32 Å². The van der Waals surface area contributed by atoms with Crippen LogP contribution in [0.1, 0.15) is 10.4 Å². The van der Waals surface area contributed by atoms with Gasteiger partial charge in [0.1, 0.15) is 0 Å². The zero-order valence-corrected chi connectivity index (χ0v) is 13.4. The fraction of sp³-hybridized carbons (Fsp3) is 0.0526. The van der Waals surface area contributed by atoms with E-state index in [1.165, 1.54) is 0 Å². The molecule has 0 radical (unpaired) electrons. The molecule has 2 amide bonds. The molecule has 2 N–H and O–H groups in total. The lowest BCUT2D eigenvalue weighted by atomic mass is 10.1. The Morgan fingerprint density at radius 1 is 0.846 bits per heavy atom. The molecule has 0 atom stereocenters. The molecule has 0 unspecified atom stereocenters. The number of anilines is 1. The van der Waals surface area contributed by atoms with E-state index in [1.54, 1.807) is 18.2 Å². The van der Waals surface area contributed by atoms with Gasteiger partial charge in [-0.3, -0.25) is 9.59 Å². The summed E-state index contributed by atoms with van der Waals surface area (Å²) in [5.74, 6) is -5.80. The molecule has 0 aliphatic rings. The van der Waals surface area contributed by atoms with E-state index in [9.17, 15) is 22.8 Å². The number of rotatable bonds is 4. The monoisotopic (exact) mass is 358 g/mol. The first kappa shape index (κ1) is 17.5. The highest BCUT2D eigenvalue weighted by Gasteiger charge is 2.16. The predicted molar refractivity (Wildman–Crippen MR) is 91.2 cm³/mol.